The van der Waals surface area contributed by atoms with E-state index in [1.54, 1.807) is 0 Å². The van der Waals surface area contributed by atoms with Gasteiger partial charge in [0.2, 0.25) is 17.1 Å². The number of fused-ring (bicyclic) bond motifs is 3. The van der Waals surface area contributed by atoms with Gasteiger partial charge < -0.3 is 19.5 Å². The number of carboxylic acids is 1. The Morgan fingerprint density at radius 3 is 2.68 bits per heavy atom. The summed E-state index contributed by atoms with van der Waals surface area (Å²) in [4.78, 5) is 31.6. The zero-order valence-electron chi connectivity index (χ0n) is 13.6. The fraction of sp³-hybridized carbons (Fsp3) is 0. The van der Waals surface area contributed by atoms with Gasteiger partial charge in [-0.15, -0.1) is 0 Å². The summed E-state index contributed by atoms with van der Waals surface area (Å²) in [6.07, 6.45) is 2.14. The zero-order valence-corrected chi connectivity index (χ0v) is 13.6. The van der Waals surface area contributed by atoms with E-state index >= 15 is 0 Å². The van der Waals surface area contributed by atoms with Gasteiger partial charge in [-0.2, -0.15) is 4.39 Å². The minimum absolute atomic E-state index is 0.00381. The number of rotatable bonds is 1. The Balaban J connectivity index is 2.00. The topological polar surface area (TPSA) is 115 Å². The lowest BCUT2D eigenvalue weighted by Gasteiger charge is -2.24. The lowest BCUT2D eigenvalue weighted by molar-refractivity contribution is 0.0695. The molecular weight excluding hydrogens is 376 g/mol. The Labute approximate surface area is 152 Å². The number of hydrogen-bond acceptors (Lipinski definition) is 6. The van der Waals surface area contributed by atoms with Crippen molar-refractivity contribution < 1.29 is 28.5 Å². The fourth-order valence-electron chi connectivity index (χ4n) is 3.28. The van der Waals surface area contributed by atoms with Gasteiger partial charge in [0.15, 0.2) is 17.3 Å². The number of nitrogens with zero attached hydrogens (tertiary/aromatic N) is 3. The fourth-order valence-corrected chi connectivity index (χ4v) is 3.28. The van der Waals surface area contributed by atoms with Crippen molar-refractivity contribution in [1.29, 1.82) is 0 Å². The summed E-state index contributed by atoms with van der Waals surface area (Å²) >= 11 is 0. The van der Waals surface area contributed by atoms with Crippen molar-refractivity contribution >= 4 is 27.8 Å². The Morgan fingerprint density at radius 2 is 1.93 bits per heavy atom. The van der Waals surface area contributed by atoms with Gasteiger partial charge in [0.1, 0.15) is 17.4 Å². The van der Waals surface area contributed by atoms with E-state index in [4.69, 9.17) is 4.74 Å². The summed E-state index contributed by atoms with van der Waals surface area (Å²) in [6, 6.07) is 3.41. The minimum Gasteiger partial charge on any atom is -0.493 e. The molecule has 2 N–H and O–H groups in total. The van der Waals surface area contributed by atoms with Crippen LogP contribution in [0.5, 0.6) is 17.4 Å². The van der Waals surface area contributed by atoms with Crippen molar-refractivity contribution in [2.45, 2.75) is 0 Å². The molecule has 0 spiro atoms. The molecule has 138 valence electrons. The highest BCUT2D eigenvalue weighted by molar-refractivity contribution is 5.97. The third-order valence-corrected chi connectivity index (χ3v) is 4.54. The third-order valence-electron chi connectivity index (χ3n) is 4.54. The van der Waals surface area contributed by atoms with Crippen LogP contribution in [0.3, 0.4) is 0 Å². The quantitative estimate of drug-likeness (QED) is 0.457. The average Bonchev–Trinajstić information content (AvgIpc) is 2.66. The lowest BCUT2D eigenvalue weighted by atomic mass is 10.1. The molecule has 0 unspecified atom stereocenters. The van der Waals surface area contributed by atoms with E-state index in [9.17, 15) is 28.6 Å². The molecule has 2 aromatic carbocycles. The summed E-state index contributed by atoms with van der Waals surface area (Å²) in [5.74, 6) is -5.12. The average molecular weight is 383 g/mol. The molecule has 0 saturated heterocycles. The molecule has 1 aliphatic rings. The molecule has 4 aromatic rings. The first-order chi connectivity index (χ1) is 13.4. The molecule has 0 bridgehead atoms. The van der Waals surface area contributed by atoms with Crippen LogP contribution in [-0.2, 0) is 0 Å². The molecule has 2 aromatic heterocycles. The van der Waals surface area contributed by atoms with Gasteiger partial charge in [0.05, 0.1) is 22.0 Å². The Hall–Kier alpha value is -4.08. The SMILES string of the molecule is O=C(O)c1cn2c3c(c(F)c(F)cc3c1=O)Oc1cc3c(O)ncnc3cc1-2. The zero-order chi connectivity index (χ0) is 19.7. The van der Waals surface area contributed by atoms with Gasteiger partial charge in [-0.05, 0) is 18.2 Å². The maximum absolute atomic E-state index is 14.4. The Morgan fingerprint density at radius 1 is 1.14 bits per heavy atom. The molecule has 0 atom stereocenters. The molecule has 0 fully saturated rings. The van der Waals surface area contributed by atoms with Crippen LogP contribution in [0.4, 0.5) is 8.78 Å². The maximum Gasteiger partial charge on any atom is 0.341 e. The number of hydrogen-bond donors (Lipinski definition) is 2. The second kappa shape index (κ2) is 5.22. The predicted octanol–water partition coefficient (Wildman–Crippen LogP) is 2.72. The van der Waals surface area contributed by atoms with Crippen LogP contribution in [0.1, 0.15) is 10.4 Å². The molecule has 5 rings (SSSR count). The monoisotopic (exact) mass is 383 g/mol. The highest BCUT2D eigenvalue weighted by Gasteiger charge is 2.29. The number of carbonyl (C=O) groups is 1. The Kier molecular flexibility index (Phi) is 3.01. The third kappa shape index (κ3) is 1.96. The number of halogens is 2. The van der Waals surface area contributed by atoms with Crippen LogP contribution < -0.4 is 10.2 Å². The smallest absolute Gasteiger partial charge is 0.341 e. The standard InChI is InChI=1S/C18H7F2N3O5/c19-9-1-7-14-16(13(9)20)28-12-2-6-10(21-5-22-17(6)25)3-11(12)23(14)4-8(15(7)24)18(26)27/h1-5H,(H,26,27)(H,21,22,25). The minimum atomic E-state index is -1.52. The van der Waals surface area contributed by atoms with Crippen LogP contribution >= 0.6 is 0 Å². The van der Waals surface area contributed by atoms with Gasteiger partial charge in [-0.25, -0.2) is 19.2 Å². The molecule has 0 radical (unpaired) electrons. The number of aromatic carboxylic acids is 1. The van der Waals surface area contributed by atoms with E-state index < -0.39 is 34.3 Å². The van der Waals surface area contributed by atoms with Crippen molar-refractivity contribution in [2.75, 3.05) is 0 Å². The lowest BCUT2D eigenvalue weighted by Crippen LogP contribution is -2.21. The van der Waals surface area contributed by atoms with E-state index in [1.165, 1.54) is 16.7 Å². The molecule has 0 aliphatic carbocycles. The summed E-state index contributed by atoms with van der Waals surface area (Å²) in [5.41, 5.74) is -1.17. The van der Waals surface area contributed by atoms with Crippen LogP contribution in [0.25, 0.3) is 27.5 Å². The summed E-state index contributed by atoms with van der Waals surface area (Å²) in [6.45, 7) is 0. The van der Waals surface area contributed by atoms with E-state index in [2.05, 4.69) is 9.97 Å². The Bertz CT molecular complexity index is 1430. The van der Waals surface area contributed by atoms with E-state index in [0.29, 0.717) is 11.6 Å². The number of aromatic hydroxyl groups is 1. The van der Waals surface area contributed by atoms with Crippen molar-refractivity contribution in [3.05, 3.63) is 58.1 Å². The second-order valence-electron chi connectivity index (χ2n) is 6.08. The van der Waals surface area contributed by atoms with Crippen molar-refractivity contribution in [2.24, 2.45) is 0 Å². The number of pyridine rings is 1. The van der Waals surface area contributed by atoms with Crippen molar-refractivity contribution in [1.82, 2.24) is 14.5 Å². The molecule has 0 saturated carbocycles. The van der Waals surface area contributed by atoms with Crippen LogP contribution in [0, 0.1) is 11.6 Å². The molecule has 28 heavy (non-hydrogen) atoms. The summed E-state index contributed by atoms with van der Waals surface area (Å²) < 4.78 is 35.2. The van der Waals surface area contributed by atoms with Crippen LogP contribution in [-0.4, -0.2) is 30.7 Å². The van der Waals surface area contributed by atoms with Crippen molar-refractivity contribution in [3.63, 3.8) is 0 Å². The second-order valence-corrected chi connectivity index (χ2v) is 6.08. The maximum atomic E-state index is 14.4. The molecule has 3 heterocycles. The first-order valence-corrected chi connectivity index (χ1v) is 7.83. The highest BCUT2D eigenvalue weighted by Crippen LogP contribution is 2.43. The summed E-state index contributed by atoms with van der Waals surface area (Å²) in [5, 5.41) is 19.1. The van der Waals surface area contributed by atoms with Crippen molar-refractivity contribution in [3.8, 4) is 23.1 Å². The van der Waals surface area contributed by atoms with E-state index in [-0.39, 0.29) is 33.6 Å². The first-order valence-electron chi connectivity index (χ1n) is 7.83. The van der Waals surface area contributed by atoms with Gasteiger partial charge in [-0.3, -0.25) is 4.79 Å². The molecule has 1 aliphatic heterocycles. The molecule has 8 nitrogen and oxygen atoms in total. The van der Waals surface area contributed by atoms with E-state index in [1.807, 2.05) is 0 Å². The van der Waals surface area contributed by atoms with E-state index in [0.717, 1.165) is 12.5 Å². The molecular formula is C18H7F2N3O5. The normalized spacial score (nSPS) is 12.1. The first kappa shape index (κ1) is 16.1. The van der Waals surface area contributed by atoms with Crippen LogP contribution in [0.15, 0.2) is 35.5 Å². The highest BCUT2D eigenvalue weighted by atomic mass is 19.2. The molecule has 10 heteroatoms. The van der Waals surface area contributed by atoms with Gasteiger partial charge in [0.25, 0.3) is 0 Å². The number of carboxylic acid groups (broad SMARTS) is 1. The van der Waals surface area contributed by atoms with Gasteiger partial charge in [0, 0.05) is 6.20 Å². The van der Waals surface area contributed by atoms with Gasteiger partial charge >= 0.3 is 5.97 Å². The van der Waals surface area contributed by atoms with Crippen LogP contribution in [0.2, 0.25) is 0 Å². The molecule has 0 amide bonds. The van der Waals surface area contributed by atoms with Gasteiger partial charge in [-0.1, -0.05) is 0 Å². The number of aromatic nitrogens is 3. The largest absolute Gasteiger partial charge is 0.493 e. The summed E-state index contributed by atoms with van der Waals surface area (Å²) in [7, 11) is 0. The number of benzene rings is 2. The predicted molar refractivity (Wildman–Crippen MR) is 91.3 cm³/mol. The number of ether oxygens (including phenoxy) is 1.